The summed E-state index contributed by atoms with van der Waals surface area (Å²) in [6.07, 6.45) is 4.00. The van der Waals surface area contributed by atoms with Gasteiger partial charge in [-0.3, -0.25) is 4.79 Å². The topological polar surface area (TPSA) is 20.3 Å². The normalized spacial score (nSPS) is 14.6. The van der Waals surface area contributed by atoms with E-state index in [9.17, 15) is 4.79 Å². The molecule has 0 aliphatic carbocycles. The molecule has 0 unspecified atom stereocenters. The van der Waals surface area contributed by atoms with Gasteiger partial charge in [-0.2, -0.15) is 0 Å². The predicted octanol–water partition coefficient (Wildman–Crippen LogP) is 5.49. The number of allylic oxidation sites excluding steroid dienone is 1. The minimum Gasteiger partial charge on any atom is -0.315 e. The SMILES string of the molecule is O=C(c1ccc(Br)c(Br)c1)N1C=C(c2ccccc2)CCC1. The fraction of sp³-hybridized carbons (Fsp3) is 0.167. The monoisotopic (exact) mass is 419 g/mol. The van der Waals surface area contributed by atoms with E-state index < -0.39 is 0 Å². The van der Waals surface area contributed by atoms with E-state index in [0.717, 1.165) is 28.3 Å². The van der Waals surface area contributed by atoms with Crippen molar-refractivity contribution in [1.29, 1.82) is 0 Å². The molecule has 3 rings (SSSR count). The molecule has 2 aromatic carbocycles. The Bertz CT molecular complexity index is 725. The molecule has 0 saturated carbocycles. The highest BCUT2D eigenvalue weighted by Crippen LogP contribution is 2.28. The summed E-state index contributed by atoms with van der Waals surface area (Å²) in [5.74, 6) is 0.0429. The first-order valence-electron chi connectivity index (χ1n) is 7.17. The van der Waals surface area contributed by atoms with E-state index in [2.05, 4.69) is 44.0 Å². The lowest BCUT2D eigenvalue weighted by Crippen LogP contribution is -2.29. The average molecular weight is 421 g/mol. The summed E-state index contributed by atoms with van der Waals surface area (Å²) >= 11 is 6.88. The molecule has 0 fully saturated rings. The lowest BCUT2D eigenvalue weighted by Gasteiger charge is -2.25. The van der Waals surface area contributed by atoms with Crippen molar-refractivity contribution < 1.29 is 4.79 Å². The first-order chi connectivity index (χ1) is 10.6. The fourth-order valence-corrected chi connectivity index (χ4v) is 3.21. The summed E-state index contributed by atoms with van der Waals surface area (Å²) in [6, 6.07) is 15.9. The average Bonchev–Trinajstić information content (AvgIpc) is 2.57. The molecule has 0 N–H and O–H groups in total. The molecule has 1 heterocycles. The Labute approximate surface area is 147 Å². The van der Waals surface area contributed by atoms with Gasteiger partial charge in [0.05, 0.1) is 0 Å². The molecule has 1 aliphatic heterocycles. The molecule has 4 heteroatoms. The van der Waals surface area contributed by atoms with Gasteiger partial charge in [-0.05, 0) is 74.0 Å². The second-order valence-corrected chi connectivity index (χ2v) is 6.96. The number of nitrogens with zero attached hydrogens (tertiary/aromatic N) is 1. The first kappa shape index (κ1) is 15.5. The summed E-state index contributed by atoms with van der Waals surface area (Å²) in [4.78, 5) is 14.5. The van der Waals surface area contributed by atoms with E-state index in [4.69, 9.17) is 0 Å². The Morgan fingerprint density at radius 2 is 1.77 bits per heavy atom. The standard InChI is InChI=1S/C18H15Br2NO/c19-16-9-8-14(11-17(16)20)18(22)21-10-4-7-15(12-21)13-5-2-1-3-6-13/h1-3,5-6,8-9,11-12H,4,7,10H2. The maximum absolute atomic E-state index is 12.7. The maximum Gasteiger partial charge on any atom is 0.257 e. The molecular formula is C18H15Br2NO. The van der Waals surface area contributed by atoms with E-state index >= 15 is 0 Å². The van der Waals surface area contributed by atoms with Crippen LogP contribution in [0.4, 0.5) is 0 Å². The van der Waals surface area contributed by atoms with Gasteiger partial charge in [-0.15, -0.1) is 0 Å². The molecule has 0 spiro atoms. The smallest absolute Gasteiger partial charge is 0.257 e. The highest BCUT2D eigenvalue weighted by atomic mass is 79.9. The molecule has 2 aromatic rings. The minimum atomic E-state index is 0.0429. The third kappa shape index (κ3) is 3.33. The highest BCUT2D eigenvalue weighted by molar-refractivity contribution is 9.13. The summed E-state index contributed by atoms with van der Waals surface area (Å²) in [7, 11) is 0. The van der Waals surface area contributed by atoms with Crippen molar-refractivity contribution in [3.63, 3.8) is 0 Å². The summed E-state index contributed by atoms with van der Waals surface area (Å²) in [5.41, 5.74) is 3.11. The highest BCUT2D eigenvalue weighted by Gasteiger charge is 2.19. The van der Waals surface area contributed by atoms with Crippen molar-refractivity contribution in [1.82, 2.24) is 4.90 Å². The zero-order chi connectivity index (χ0) is 15.5. The third-order valence-electron chi connectivity index (χ3n) is 3.73. The Morgan fingerprint density at radius 3 is 2.50 bits per heavy atom. The lowest BCUT2D eigenvalue weighted by molar-refractivity contribution is 0.0817. The second kappa shape index (κ2) is 6.80. The molecule has 0 saturated heterocycles. The van der Waals surface area contributed by atoms with Gasteiger partial charge in [-0.25, -0.2) is 0 Å². The van der Waals surface area contributed by atoms with Gasteiger partial charge in [0.2, 0.25) is 0 Å². The van der Waals surface area contributed by atoms with Crippen molar-refractivity contribution in [3.05, 3.63) is 74.8 Å². The van der Waals surface area contributed by atoms with Crippen LogP contribution in [0.1, 0.15) is 28.8 Å². The van der Waals surface area contributed by atoms with Crippen LogP contribution in [0.2, 0.25) is 0 Å². The molecular weight excluding hydrogens is 406 g/mol. The van der Waals surface area contributed by atoms with Crippen LogP contribution in [0, 0.1) is 0 Å². The van der Waals surface area contributed by atoms with Crippen LogP contribution < -0.4 is 0 Å². The van der Waals surface area contributed by atoms with Gasteiger partial charge in [-0.1, -0.05) is 30.3 Å². The molecule has 1 amide bonds. The third-order valence-corrected chi connectivity index (χ3v) is 5.61. The van der Waals surface area contributed by atoms with E-state index in [-0.39, 0.29) is 5.91 Å². The predicted molar refractivity (Wildman–Crippen MR) is 96.5 cm³/mol. The maximum atomic E-state index is 12.7. The number of hydrogen-bond acceptors (Lipinski definition) is 1. The zero-order valence-electron chi connectivity index (χ0n) is 11.9. The summed E-state index contributed by atoms with van der Waals surface area (Å²) in [6.45, 7) is 0.767. The van der Waals surface area contributed by atoms with Crippen molar-refractivity contribution >= 4 is 43.3 Å². The Kier molecular flexibility index (Phi) is 4.79. The Morgan fingerprint density at radius 1 is 1.00 bits per heavy atom. The molecule has 0 radical (unpaired) electrons. The lowest BCUT2D eigenvalue weighted by atomic mass is 9.99. The van der Waals surface area contributed by atoms with E-state index in [1.165, 1.54) is 11.1 Å². The number of carbonyl (C=O) groups is 1. The van der Waals surface area contributed by atoms with Gasteiger partial charge in [0.1, 0.15) is 0 Å². The van der Waals surface area contributed by atoms with Crippen molar-refractivity contribution in [2.45, 2.75) is 12.8 Å². The molecule has 0 atom stereocenters. The summed E-state index contributed by atoms with van der Waals surface area (Å²) < 4.78 is 1.84. The zero-order valence-corrected chi connectivity index (χ0v) is 15.1. The van der Waals surface area contributed by atoms with Crippen LogP contribution in [0.15, 0.2) is 63.7 Å². The Balaban J connectivity index is 1.87. The van der Waals surface area contributed by atoms with Gasteiger partial charge in [0.25, 0.3) is 5.91 Å². The van der Waals surface area contributed by atoms with Gasteiger partial charge >= 0.3 is 0 Å². The van der Waals surface area contributed by atoms with Crippen LogP contribution in [0.25, 0.3) is 5.57 Å². The van der Waals surface area contributed by atoms with Crippen LogP contribution in [0.3, 0.4) is 0 Å². The molecule has 112 valence electrons. The first-order valence-corrected chi connectivity index (χ1v) is 8.76. The van der Waals surface area contributed by atoms with E-state index in [1.807, 2.05) is 47.5 Å². The largest absolute Gasteiger partial charge is 0.315 e. The minimum absolute atomic E-state index is 0.0429. The molecule has 0 bridgehead atoms. The molecule has 0 aromatic heterocycles. The number of amides is 1. The van der Waals surface area contributed by atoms with Crippen LogP contribution in [0.5, 0.6) is 0 Å². The molecule has 1 aliphatic rings. The van der Waals surface area contributed by atoms with E-state index in [1.54, 1.807) is 0 Å². The number of hydrogen-bond donors (Lipinski definition) is 0. The van der Waals surface area contributed by atoms with Crippen LogP contribution in [-0.2, 0) is 0 Å². The summed E-state index contributed by atoms with van der Waals surface area (Å²) in [5, 5.41) is 0. The van der Waals surface area contributed by atoms with Gasteiger partial charge < -0.3 is 4.90 Å². The number of rotatable bonds is 2. The molecule has 2 nitrogen and oxygen atoms in total. The quantitative estimate of drug-likeness (QED) is 0.629. The number of carbonyl (C=O) groups excluding carboxylic acids is 1. The van der Waals surface area contributed by atoms with Gasteiger partial charge in [0.15, 0.2) is 0 Å². The van der Waals surface area contributed by atoms with Crippen molar-refractivity contribution in [2.75, 3.05) is 6.54 Å². The van der Waals surface area contributed by atoms with Crippen molar-refractivity contribution in [3.8, 4) is 0 Å². The van der Waals surface area contributed by atoms with Crippen molar-refractivity contribution in [2.24, 2.45) is 0 Å². The second-order valence-electron chi connectivity index (χ2n) is 5.25. The van der Waals surface area contributed by atoms with Gasteiger partial charge in [0, 0.05) is 27.3 Å². The fourth-order valence-electron chi connectivity index (χ4n) is 2.58. The Hall–Kier alpha value is -1.39. The number of halogens is 2. The van der Waals surface area contributed by atoms with E-state index in [0.29, 0.717) is 5.56 Å². The number of benzene rings is 2. The van der Waals surface area contributed by atoms with Crippen LogP contribution in [-0.4, -0.2) is 17.4 Å². The molecule has 22 heavy (non-hydrogen) atoms. The van der Waals surface area contributed by atoms with Crippen LogP contribution >= 0.6 is 31.9 Å².